The van der Waals surface area contributed by atoms with Crippen molar-refractivity contribution in [1.29, 1.82) is 0 Å². The highest BCUT2D eigenvalue weighted by atomic mass is 16.1. The van der Waals surface area contributed by atoms with Gasteiger partial charge < -0.3 is 5.73 Å². The van der Waals surface area contributed by atoms with Gasteiger partial charge in [0.05, 0.1) is 0 Å². The molecule has 72 valence electrons. The predicted molar refractivity (Wildman–Crippen MR) is 55.4 cm³/mol. The summed E-state index contributed by atoms with van der Waals surface area (Å²) in [6.07, 6.45) is 1.89. The van der Waals surface area contributed by atoms with Gasteiger partial charge in [-0.05, 0) is 11.1 Å². The molecule has 1 atom stereocenters. The first kappa shape index (κ1) is 8.97. The number of rotatable bonds is 2. The Labute approximate surface area is 82.6 Å². The van der Waals surface area contributed by atoms with Gasteiger partial charge in [-0.1, -0.05) is 36.4 Å². The fourth-order valence-corrected chi connectivity index (χ4v) is 1.57. The van der Waals surface area contributed by atoms with E-state index in [2.05, 4.69) is 5.32 Å². The molecule has 3 heteroatoms. The third kappa shape index (κ3) is 1.67. The van der Waals surface area contributed by atoms with Crippen LogP contribution < -0.4 is 11.1 Å². The van der Waals surface area contributed by atoms with E-state index in [1.807, 2.05) is 36.4 Å². The third-order valence-electron chi connectivity index (χ3n) is 2.33. The maximum absolute atomic E-state index is 10.9. The van der Waals surface area contributed by atoms with Crippen LogP contribution in [0.15, 0.2) is 36.4 Å². The highest BCUT2D eigenvalue weighted by Gasteiger charge is 2.19. The van der Waals surface area contributed by atoms with E-state index in [0.717, 1.165) is 11.1 Å². The lowest BCUT2D eigenvalue weighted by Crippen LogP contribution is -2.36. The van der Waals surface area contributed by atoms with Gasteiger partial charge in [-0.2, -0.15) is 0 Å². The van der Waals surface area contributed by atoms with Crippen LogP contribution >= 0.6 is 0 Å². The summed E-state index contributed by atoms with van der Waals surface area (Å²) in [5, 5.41) is 3.04. The van der Waals surface area contributed by atoms with Crippen LogP contribution in [-0.2, 0) is 4.79 Å². The second kappa shape index (κ2) is 3.64. The fourth-order valence-electron chi connectivity index (χ4n) is 1.57. The van der Waals surface area contributed by atoms with Crippen LogP contribution in [0, 0.1) is 0 Å². The Morgan fingerprint density at radius 3 is 2.64 bits per heavy atom. The van der Waals surface area contributed by atoms with Crippen LogP contribution in [0.4, 0.5) is 0 Å². The van der Waals surface area contributed by atoms with E-state index in [9.17, 15) is 4.79 Å². The van der Waals surface area contributed by atoms with Crippen molar-refractivity contribution in [3.63, 3.8) is 0 Å². The van der Waals surface area contributed by atoms with E-state index in [1.54, 1.807) is 0 Å². The van der Waals surface area contributed by atoms with Crippen LogP contribution in [0.2, 0.25) is 0 Å². The van der Waals surface area contributed by atoms with Crippen molar-refractivity contribution in [1.82, 2.24) is 5.32 Å². The van der Waals surface area contributed by atoms with Gasteiger partial charge in [0.1, 0.15) is 6.04 Å². The number of nitrogens with one attached hydrogen (secondary N) is 1. The first-order valence-corrected chi connectivity index (χ1v) is 4.56. The average molecular weight is 188 g/mol. The number of carbonyl (C=O) groups excluding carboxylic acids is 1. The van der Waals surface area contributed by atoms with E-state index in [1.165, 1.54) is 0 Å². The van der Waals surface area contributed by atoms with Crippen molar-refractivity contribution in [2.75, 3.05) is 6.54 Å². The van der Waals surface area contributed by atoms with Crippen LogP contribution in [-0.4, -0.2) is 18.5 Å². The van der Waals surface area contributed by atoms with Crippen LogP contribution in [0.3, 0.4) is 0 Å². The van der Waals surface area contributed by atoms with Gasteiger partial charge in [-0.25, -0.2) is 0 Å². The largest absolute Gasteiger partial charge is 0.368 e. The summed E-state index contributed by atoms with van der Waals surface area (Å²) in [5.74, 6) is -0.323. The minimum absolute atomic E-state index is 0.315. The number of hydrogen-bond donors (Lipinski definition) is 2. The van der Waals surface area contributed by atoms with E-state index < -0.39 is 0 Å². The summed E-state index contributed by atoms with van der Waals surface area (Å²) in [6.45, 7) is 0.706. The van der Waals surface area contributed by atoms with Crippen molar-refractivity contribution in [3.8, 4) is 0 Å². The minimum Gasteiger partial charge on any atom is -0.368 e. The minimum atomic E-state index is -0.323. The zero-order chi connectivity index (χ0) is 9.97. The molecule has 0 aromatic heterocycles. The normalized spacial score (nSPS) is 20.6. The SMILES string of the molecule is NC(=O)C1C=C(c2ccccc2)CN1. The van der Waals surface area contributed by atoms with Crippen molar-refractivity contribution in [2.24, 2.45) is 5.73 Å². The zero-order valence-corrected chi connectivity index (χ0v) is 7.73. The van der Waals surface area contributed by atoms with Gasteiger partial charge in [0.15, 0.2) is 0 Å². The summed E-state index contributed by atoms with van der Waals surface area (Å²) in [6, 6.07) is 9.66. The van der Waals surface area contributed by atoms with Crippen molar-refractivity contribution >= 4 is 11.5 Å². The molecule has 2 rings (SSSR count). The monoisotopic (exact) mass is 188 g/mol. The molecule has 14 heavy (non-hydrogen) atoms. The zero-order valence-electron chi connectivity index (χ0n) is 7.73. The van der Waals surface area contributed by atoms with Gasteiger partial charge in [-0.3, -0.25) is 10.1 Å². The molecule has 1 aliphatic rings. The van der Waals surface area contributed by atoms with E-state index in [-0.39, 0.29) is 11.9 Å². The van der Waals surface area contributed by atoms with Gasteiger partial charge in [0.2, 0.25) is 5.91 Å². The second-order valence-electron chi connectivity index (χ2n) is 3.32. The molecule has 0 radical (unpaired) electrons. The molecule has 1 aromatic carbocycles. The Balaban J connectivity index is 2.22. The molecule has 0 saturated heterocycles. The maximum atomic E-state index is 10.9. The lowest BCUT2D eigenvalue weighted by atomic mass is 10.1. The maximum Gasteiger partial charge on any atom is 0.238 e. The molecule has 1 heterocycles. The second-order valence-corrected chi connectivity index (χ2v) is 3.32. The van der Waals surface area contributed by atoms with Gasteiger partial charge >= 0.3 is 0 Å². The molecule has 3 nitrogen and oxygen atoms in total. The Kier molecular flexibility index (Phi) is 2.33. The smallest absolute Gasteiger partial charge is 0.238 e. The Morgan fingerprint density at radius 1 is 1.36 bits per heavy atom. The van der Waals surface area contributed by atoms with Crippen LogP contribution in [0.25, 0.3) is 5.57 Å². The third-order valence-corrected chi connectivity index (χ3v) is 2.33. The van der Waals surface area contributed by atoms with Crippen molar-refractivity contribution < 1.29 is 4.79 Å². The Hall–Kier alpha value is -1.61. The lowest BCUT2D eigenvalue weighted by molar-refractivity contribution is -0.118. The standard InChI is InChI=1S/C11H12N2O/c12-11(14)10-6-9(7-13-10)8-4-2-1-3-5-8/h1-6,10,13H,7H2,(H2,12,14). The first-order valence-electron chi connectivity index (χ1n) is 4.56. The highest BCUT2D eigenvalue weighted by Crippen LogP contribution is 2.17. The molecular weight excluding hydrogens is 176 g/mol. The molecule has 1 unspecified atom stereocenters. The molecule has 1 amide bonds. The Bertz CT molecular complexity index is 370. The average Bonchev–Trinajstić information content (AvgIpc) is 2.68. The fraction of sp³-hybridized carbons (Fsp3) is 0.182. The highest BCUT2D eigenvalue weighted by molar-refractivity contribution is 5.87. The summed E-state index contributed by atoms with van der Waals surface area (Å²) < 4.78 is 0. The van der Waals surface area contributed by atoms with Crippen molar-refractivity contribution in [2.45, 2.75) is 6.04 Å². The quantitative estimate of drug-likeness (QED) is 0.711. The molecular formula is C11H12N2O. The Morgan fingerprint density at radius 2 is 2.07 bits per heavy atom. The number of benzene rings is 1. The van der Waals surface area contributed by atoms with Crippen LogP contribution in [0.5, 0.6) is 0 Å². The predicted octanol–water partition coefficient (Wildman–Crippen LogP) is 0.527. The number of amides is 1. The molecule has 0 aliphatic carbocycles. The molecule has 3 N–H and O–H groups in total. The lowest BCUT2D eigenvalue weighted by Gasteiger charge is -2.00. The molecule has 0 saturated carbocycles. The summed E-state index contributed by atoms with van der Waals surface area (Å²) in [5.41, 5.74) is 7.47. The van der Waals surface area contributed by atoms with Gasteiger partial charge in [0, 0.05) is 6.54 Å². The topological polar surface area (TPSA) is 55.1 Å². The summed E-state index contributed by atoms with van der Waals surface area (Å²) in [7, 11) is 0. The van der Waals surface area contributed by atoms with E-state index in [4.69, 9.17) is 5.73 Å². The van der Waals surface area contributed by atoms with Gasteiger partial charge in [-0.15, -0.1) is 0 Å². The summed E-state index contributed by atoms with van der Waals surface area (Å²) >= 11 is 0. The summed E-state index contributed by atoms with van der Waals surface area (Å²) in [4.78, 5) is 10.9. The molecule has 1 aromatic rings. The number of nitrogens with two attached hydrogens (primary N) is 1. The van der Waals surface area contributed by atoms with E-state index in [0.29, 0.717) is 6.54 Å². The van der Waals surface area contributed by atoms with Crippen LogP contribution in [0.1, 0.15) is 5.56 Å². The first-order chi connectivity index (χ1) is 6.77. The number of primary amides is 1. The molecule has 0 bridgehead atoms. The molecule has 1 aliphatic heterocycles. The molecule has 0 spiro atoms. The molecule has 0 fully saturated rings. The van der Waals surface area contributed by atoms with Crippen molar-refractivity contribution in [3.05, 3.63) is 42.0 Å². The number of carbonyl (C=O) groups is 1. The number of hydrogen-bond acceptors (Lipinski definition) is 2. The van der Waals surface area contributed by atoms with E-state index >= 15 is 0 Å². The van der Waals surface area contributed by atoms with Gasteiger partial charge in [0.25, 0.3) is 0 Å².